The second kappa shape index (κ2) is 12.5. The Morgan fingerprint density at radius 2 is 1.83 bits per heavy atom. The molecule has 3 aromatic rings. The largest absolute Gasteiger partial charge is 0.463 e. The molecule has 5 rings (SSSR count). The van der Waals surface area contributed by atoms with Gasteiger partial charge in [-0.15, -0.1) is 0 Å². The monoisotopic (exact) mass is 594 g/mol. The molecule has 1 aromatic heterocycles. The van der Waals surface area contributed by atoms with Gasteiger partial charge < -0.3 is 24.3 Å². The standard InChI is InChI=1S/C31H36ClFN6O3/c1-20-19-38(30(41)21(2)33)16-17-39(20)29-23-11-14-37(26-10-6-8-22-7-5-9-24(32)28(22)26)15-12-25(23)34-31(35-29)42-18-13-27(40)36(3)4/h5-10,20H,2,11-19H2,1,3-4H3/t20-/m0/s1. The van der Waals surface area contributed by atoms with Crippen LogP contribution in [0.1, 0.15) is 24.6 Å². The highest BCUT2D eigenvalue weighted by atomic mass is 35.5. The predicted octanol–water partition coefficient (Wildman–Crippen LogP) is 4.27. The van der Waals surface area contributed by atoms with Gasteiger partial charge in [-0.25, -0.2) is 4.39 Å². The van der Waals surface area contributed by atoms with E-state index in [2.05, 4.69) is 34.6 Å². The van der Waals surface area contributed by atoms with Gasteiger partial charge in [0.05, 0.1) is 17.1 Å². The molecule has 0 aliphatic carbocycles. The second-order valence-electron chi connectivity index (χ2n) is 10.9. The van der Waals surface area contributed by atoms with Crippen molar-refractivity contribution in [1.29, 1.82) is 0 Å². The van der Waals surface area contributed by atoms with Crippen LogP contribution in [0.2, 0.25) is 5.02 Å². The summed E-state index contributed by atoms with van der Waals surface area (Å²) in [6.45, 7) is 7.95. The number of carbonyl (C=O) groups excluding carboxylic acids is 2. The molecule has 0 radical (unpaired) electrons. The van der Waals surface area contributed by atoms with Crippen molar-refractivity contribution < 1.29 is 18.7 Å². The first-order chi connectivity index (χ1) is 20.1. The van der Waals surface area contributed by atoms with E-state index in [1.54, 1.807) is 14.1 Å². The van der Waals surface area contributed by atoms with E-state index in [1.807, 2.05) is 25.1 Å². The van der Waals surface area contributed by atoms with Crippen LogP contribution < -0.4 is 14.5 Å². The normalized spacial score (nSPS) is 17.1. The fraction of sp³-hybridized carbons (Fsp3) is 0.419. The number of ether oxygens (including phenoxy) is 1. The maximum absolute atomic E-state index is 13.6. The Bertz CT molecular complexity index is 1510. The molecule has 0 unspecified atom stereocenters. The van der Waals surface area contributed by atoms with Gasteiger partial charge in [-0.1, -0.05) is 42.4 Å². The number of hydrogen-bond acceptors (Lipinski definition) is 7. The average Bonchev–Trinajstić information content (AvgIpc) is 3.19. The van der Waals surface area contributed by atoms with Crippen molar-refractivity contribution in [2.75, 3.05) is 63.2 Å². The molecule has 0 spiro atoms. The maximum Gasteiger partial charge on any atom is 0.318 e. The molecule has 0 bridgehead atoms. The first kappa shape index (κ1) is 29.6. The highest BCUT2D eigenvalue weighted by Gasteiger charge is 2.32. The van der Waals surface area contributed by atoms with Gasteiger partial charge in [0.2, 0.25) is 5.91 Å². The summed E-state index contributed by atoms with van der Waals surface area (Å²) >= 11 is 6.66. The third-order valence-electron chi connectivity index (χ3n) is 7.94. The predicted molar refractivity (Wildman–Crippen MR) is 163 cm³/mol. The van der Waals surface area contributed by atoms with E-state index in [0.29, 0.717) is 37.5 Å². The highest BCUT2D eigenvalue weighted by molar-refractivity contribution is 6.36. The van der Waals surface area contributed by atoms with Crippen LogP contribution in [0.5, 0.6) is 6.01 Å². The van der Waals surface area contributed by atoms with Gasteiger partial charge in [0, 0.05) is 75.9 Å². The number of rotatable bonds is 7. The lowest BCUT2D eigenvalue weighted by molar-refractivity contribution is -0.130. The van der Waals surface area contributed by atoms with E-state index >= 15 is 0 Å². The van der Waals surface area contributed by atoms with Crippen molar-refractivity contribution in [1.82, 2.24) is 19.8 Å². The third-order valence-corrected chi connectivity index (χ3v) is 8.25. The molecule has 3 heterocycles. The zero-order valence-electron chi connectivity index (χ0n) is 24.3. The zero-order valence-corrected chi connectivity index (χ0v) is 25.0. The fourth-order valence-electron chi connectivity index (χ4n) is 5.72. The molecule has 1 atom stereocenters. The molecule has 1 saturated heterocycles. The van der Waals surface area contributed by atoms with E-state index in [9.17, 15) is 14.0 Å². The van der Waals surface area contributed by atoms with Crippen LogP contribution in [0.25, 0.3) is 10.8 Å². The summed E-state index contributed by atoms with van der Waals surface area (Å²) in [7, 11) is 3.41. The number of hydrogen-bond donors (Lipinski definition) is 0. The van der Waals surface area contributed by atoms with E-state index in [0.717, 1.165) is 46.6 Å². The summed E-state index contributed by atoms with van der Waals surface area (Å²) < 4.78 is 19.5. The fourth-order valence-corrected chi connectivity index (χ4v) is 6.00. The quantitative estimate of drug-likeness (QED) is 0.378. The Morgan fingerprint density at radius 3 is 2.55 bits per heavy atom. The van der Waals surface area contributed by atoms with Crippen molar-refractivity contribution in [3.8, 4) is 6.01 Å². The minimum absolute atomic E-state index is 0.0433. The van der Waals surface area contributed by atoms with Crippen LogP contribution in [0.15, 0.2) is 48.8 Å². The van der Waals surface area contributed by atoms with E-state index in [1.165, 1.54) is 9.80 Å². The van der Waals surface area contributed by atoms with Gasteiger partial charge in [0.1, 0.15) is 12.4 Å². The molecule has 2 aromatic carbocycles. The molecular formula is C31H36ClFN6O3. The summed E-state index contributed by atoms with van der Waals surface area (Å²) in [6, 6.07) is 12.3. The van der Waals surface area contributed by atoms with Crippen molar-refractivity contribution in [3.05, 3.63) is 65.1 Å². The highest BCUT2D eigenvalue weighted by Crippen LogP contribution is 2.35. The first-order valence-corrected chi connectivity index (χ1v) is 14.6. The number of anilines is 2. The van der Waals surface area contributed by atoms with Crippen LogP contribution >= 0.6 is 11.6 Å². The maximum atomic E-state index is 13.6. The number of fused-ring (bicyclic) bond motifs is 2. The molecule has 222 valence electrons. The van der Waals surface area contributed by atoms with Gasteiger partial charge in [-0.3, -0.25) is 9.59 Å². The van der Waals surface area contributed by atoms with Gasteiger partial charge in [-0.2, -0.15) is 9.97 Å². The summed E-state index contributed by atoms with van der Waals surface area (Å²) in [6.07, 6.45) is 1.56. The SMILES string of the molecule is C=C(F)C(=O)N1CCN(c2nc(OCCC(=O)N(C)C)nc3c2CCN(c2cccc4cccc(Cl)c24)CC3)[C@@H](C)C1. The van der Waals surface area contributed by atoms with Crippen molar-refractivity contribution in [2.45, 2.75) is 32.2 Å². The second-order valence-corrected chi connectivity index (χ2v) is 11.3. The van der Waals surface area contributed by atoms with Crippen LogP contribution in [0, 0.1) is 0 Å². The molecule has 2 aliphatic heterocycles. The smallest absolute Gasteiger partial charge is 0.318 e. The minimum Gasteiger partial charge on any atom is -0.463 e. The Labute approximate surface area is 250 Å². The number of halogens is 2. The molecule has 1 fully saturated rings. The van der Waals surface area contributed by atoms with E-state index in [4.69, 9.17) is 26.3 Å². The number of aromatic nitrogens is 2. The molecule has 0 saturated carbocycles. The lowest BCUT2D eigenvalue weighted by Crippen LogP contribution is -2.54. The van der Waals surface area contributed by atoms with E-state index in [-0.39, 0.29) is 31.0 Å². The Balaban J connectivity index is 1.45. The van der Waals surface area contributed by atoms with Crippen molar-refractivity contribution in [3.63, 3.8) is 0 Å². The summed E-state index contributed by atoms with van der Waals surface area (Å²) in [5.41, 5.74) is 3.00. The number of benzene rings is 2. The molecular weight excluding hydrogens is 559 g/mol. The van der Waals surface area contributed by atoms with Crippen molar-refractivity contribution >= 4 is 45.7 Å². The van der Waals surface area contributed by atoms with E-state index < -0.39 is 11.7 Å². The van der Waals surface area contributed by atoms with Crippen LogP contribution in [-0.2, 0) is 22.4 Å². The molecule has 0 N–H and O–H groups in total. The lowest BCUT2D eigenvalue weighted by Gasteiger charge is -2.41. The molecule has 42 heavy (non-hydrogen) atoms. The summed E-state index contributed by atoms with van der Waals surface area (Å²) in [5.74, 6) is -0.922. The molecule has 2 aliphatic rings. The number of piperazine rings is 1. The van der Waals surface area contributed by atoms with Gasteiger partial charge in [0.15, 0.2) is 5.83 Å². The zero-order chi connectivity index (χ0) is 30.0. The minimum atomic E-state index is -0.955. The Kier molecular flexibility index (Phi) is 8.82. The van der Waals surface area contributed by atoms with Crippen LogP contribution in [-0.4, -0.2) is 91.0 Å². The third kappa shape index (κ3) is 6.13. The van der Waals surface area contributed by atoms with Gasteiger partial charge in [-0.05, 0) is 30.9 Å². The number of nitrogens with zero attached hydrogens (tertiary/aromatic N) is 6. The molecule has 2 amide bonds. The Hall–Kier alpha value is -3.92. The Morgan fingerprint density at radius 1 is 1.10 bits per heavy atom. The molecule has 9 nitrogen and oxygen atoms in total. The van der Waals surface area contributed by atoms with Gasteiger partial charge in [0.25, 0.3) is 5.91 Å². The lowest BCUT2D eigenvalue weighted by atomic mass is 10.1. The topological polar surface area (TPSA) is 82.1 Å². The van der Waals surface area contributed by atoms with Gasteiger partial charge >= 0.3 is 6.01 Å². The number of amides is 2. The van der Waals surface area contributed by atoms with Crippen molar-refractivity contribution in [2.24, 2.45) is 0 Å². The van der Waals surface area contributed by atoms with Crippen LogP contribution in [0.4, 0.5) is 15.9 Å². The number of carbonyl (C=O) groups is 2. The first-order valence-electron chi connectivity index (χ1n) is 14.2. The van der Waals surface area contributed by atoms with Crippen LogP contribution in [0.3, 0.4) is 0 Å². The summed E-state index contributed by atoms with van der Waals surface area (Å²) in [4.78, 5) is 41.5. The average molecular weight is 595 g/mol. The molecule has 11 heteroatoms. The summed E-state index contributed by atoms with van der Waals surface area (Å²) in [5, 5.41) is 2.82.